The molecule has 2 aliphatic rings. The largest absolute Gasteiger partial charge is 0.326 e. The molecule has 17 heavy (non-hydrogen) atoms. The Kier molecular flexibility index (Phi) is 2.03. The Labute approximate surface area is 100 Å². The molecule has 1 fully saturated rings. The normalized spacial score (nSPS) is 30.1. The van der Waals surface area contributed by atoms with Crippen molar-refractivity contribution >= 4 is 11.6 Å². The van der Waals surface area contributed by atoms with Crippen molar-refractivity contribution in [1.29, 1.82) is 5.26 Å². The summed E-state index contributed by atoms with van der Waals surface area (Å²) in [7, 11) is 0. The summed E-state index contributed by atoms with van der Waals surface area (Å²) < 4.78 is 0. The molecule has 1 aromatic rings. The monoisotopic (exact) mass is 226 g/mol. The van der Waals surface area contributed by atoms with Crippen LogP contribution in [0, 0.1) is 17.2 Å². The van der Waals surface area contributed by atoms with Crippen LogP contribution < -0.4 is 5.32 Å². The van der Waals surface area contributed by atoms with Crippen molar-refractivity contribution < 1.29 is 4.79 Å². The average molecular weight is 226 g/mol. The first kappa shape index (κ1) is 10.3. The summed E-state index contributed by atoms with van der Waals surface area (Å²) in [6.07, 6.45) is 2.28. The zero-order chi connectivity index (χ0) is 12.0. The van der Waals surface area contributed by atoms with Crippen LogP contribution in [0.25, 0.3) is 0 Å². The maximum absolute atomic E-state index is 11.3. The maximum atomic E-state index is 11.3. The summed E-state index contributed by atoms with van der Waals surface area (Å²) in [5, 5.41) is 12.2. The van der Waals surface area contributed by atoms with Gasteiger partial charge in [0.25, 0.3) is 0 Å². The highest BCUT2D eigenvalue weighted by Gasteiger charge is 2.53. The summed E-state index contributed by atoms with van der Waals surface area (Å²) >= 11 is 0. The molecule has 1 saturated carbocycles. The van der Waals surface area contributed by atoms with Gasteiger partial charge in [0.2, 0.25) is 5.91 Å². The van der Waals surface area contributed by atoms with Crippen molar-refractivity contribution in [2.45, 2.75) is 31.6 Å². The lowest BCUT2D eigenvalue weighted by Crippen LogP contribution is -2.19. The van der Waals surface area contributed by atoms with Crippen LogP contribution in [0.2, 0.25) is 0 Å². The lowest BCUT2D eigenvalue weighted by Gasteiger charge is -2.19. The molecular weight excluding hydrogens is 212 g/mol. The molecule has 3 heteroatoms. The van der Waals surface area contributed by atoms with E-state index in [0.29, 0.717) is 12.3 Å². The van der Waals surface area contributed by atoms with E-state index in [1.807, 2.05) is 12.1 Å². The highest BCUT2D eigenvalue weighted by Crippen LogP contribution is 2.53. The van der Waals surface area contributed by atoms with Crippen molar-refractivity contribution in [1.82, 2.24) is 0 Å². The highest BCUT2D eigenvalue weighted by molar-refractivity contribution is 5.93. The molecule has 1 heterocycles. The van der Waals surface area contributed by atoms with E-state index in [4.69, 9.17) is 0 Å². The number of rotatable bonds is 1. The van der Waals surface area contributed by atoms with Crippen LogP contribution >= 0.6 is 0 Å². The first-order valence-corrected chi connectivity index (χ1v) is 6.00. The van der Waals surface area contributed by atoms with E-state index in [9.17, 15) is 10.1 Å². The van der Waals surface area contributed by atoms with Gasteiger partial charge in [0, 0.05) is 12.1 Å². The minimum atomic E-state index is -0.267. The topological polar surface area (TPSA) is 52.9 Å². The molecule has 0 spiro atoms. The number of nitrogens with one attached hydrogen (secondary N) is 1. The van der Waals surface area contributed by atoms with E-state index in [1.165, 1.54) is 0 Å². The van der Waals surface area contributed by atoms with Gasteiger partial charge >= 0.3 is 0 Å². The Morgan fingerprint density at radius 1 is 1.47 bits per heavy atom. The molecule has 1 aliphatic carbocycles. The Balaban J connectivity index is 2.00. The Morgan fingerprint density at radius 3 is 2.88 bits per heavy atom. The van der Waals surface area contributed by atoms with Gasteiger partial charge in [-0.25, -0.2) is 0 Å². The summed E-state index contributed by atoms with van der Waals surface area (Å²) in [5.41, 5.74) is 2.92. The standard InChI is InChI=1S/C14H14N2O/c1-9-7-14(9,8-15)11-3-4-12-10(6-11)2-5-13(17)16-12/h3-4,6,9H,2,5,7H2,1H3,(H,16,17). The Bertz CT molecular complexity index is 544. The van der Waals surface area contributed by atoms with Crippen molar-refractivity contribution in [2.75, 3.05) is 5.32 Å². The Morgan fingerprint density at radius 2 is 2.24 bits per heavy atom. The predicted octanol–water partition coefficient (Wildman–Crippen LogP) is 2.37. The fourth-order valence-corrected chi connectivity index (χ4v) is 2.71. The van der Waals surface area contributed by atoms with E-state index in [1.54, 1.807) is 0 Å². The van der Waals surface area contributed by atoms with Crippen LogP contribution in [0.15, 0.2) is 18.2 Å². The van der Waals surface area contributed by atoms with Crippen molar-refractivity contribution in [3.8, 4) is 6.07 Å². The lowest BCUT2D eigenvalue weighted by molar-refractivity contribution is -0.116. The zero-order valence-electron chi connectivity index (χ0n) is 9.79. The van der Waals surface area contributed by atoms with Crippen LogP contribution in [0.3, 0.4) is 0 Å². The zero-order valence-corrected chi connectivity index (χ0v) is 9.79. The van der Waals surface area contributed by atoms with Gasteiger partial charge in [-0.2, -0.15) is 5.26 Å². The van der Waals surface area contributed by atoms with Gasteiger partial charge in [0.1, 0.15) is 0 Å². The number of carbonyl (C=O) groups is 1. The first-order valence-electron chi connectivity index (χ1n) is 6.00. The molecule has 0 aromatic heterocycles. The number of hydrogen-bond acceptors (Lipinski definition) is 2. The van der Waals surface area contributed by atoms with E-state index in [-0.39, 0.29) is 11.3 Å². The number of fused-ring (bicyclic) bond motifs is 1. The van der Waals surface area contributed by atoms with Gasteiger partial charge in [-0.15, -0.1) is 0 Å². The van der Waals surface area contributed by atoms with Gasteiger partial charge in [0.05, 0.1) is 11.5 Å². The predicted molar refractivity (Wildman–Crippen MR) is 64.5 cm³/mol. The van der Waals surface area contributed by atoms with Gasteiger partial charge in [0.15, 0.2) is 0 Å². The molecule has 0 bridgehead atoms. The minimum Gasteiger partial charge on any atom is -0.326 e. The van der Waals surface area contributed by atoms with E-state index < -0.39 is 0 Å². The van der Waals surface area contributed by atoms with Gasteiger partial charge in [-0.1, -0.05) is 19.1 Å². The number of nitriles is 1. The third-order valence-corrected chi connectivity index (χ3v) is 4.02. The summed E-state index contributed by atoms with van der Waals surface area (Å²) in [6.45, 7) is 2.12. The molecule has 2 unspecified atom stereocenters. The quantitative estimate of drug-likeness (QED) is 0.799. The molecule has 0 saturated heterocycles. The van der Waals surface area contributed by atoms with Crippen LogP contribution in [0.1, 0.15) is 30.9 Å². The minimum absolute atomic E-state index is 0.0834. The number of carbonyl (C=O) groups excluding carboxylic acids is 1. The molecule has 1 aliphatic heterocycles. The molecule has 0 radical (unpaired) electrons. The summed E-state index contributed by atoms with van der Waals surface area (Å²) in [5.74, 6) is 0.531. The van der Waals surface area contributed by atoms with Gasteiger partial charge in [-0.3, -0.25) is 4.79 Å². The van der Waals surface area contributed by atoms with E-state index >= 15 is 0 Å². The molecule has 3 rings (SSSR count). The smallest absolute Gasteiger partial charge is 0.224 e. The first-order chi connectivity index (χ1) is 8.15. The highest BCUT2D eigenvalue weighted by atomic mass is 16.1. The molecular formula is C14H14N2O. The molecule has 2 atom stereocenters. The number of benzene rings is 1. The maximum Gasteiger partial charge on any atom is 0.224 e. The van der Waals surface area contributed by atoms with Gasteiger partial charge in [-0.05, 0) is 36.0 Å². The third kappa shape index (κ3) is 1.44. The van der Waals surface area contributed by atoms with Crippen molar-refractivity contribution in [3.63, 3.8) is 0 Å². The fourth-order valence-electron chi connectivity index (χ4n) is 2.71. The SMILES string of the molecule is CC1CC1(C#N)c1ccc2c(c1)CCC(=O)N2. The van der Waals surface area contributed by atoms with E-state index in [0.717, 1.165) is 29.7 Å². The van der Waals surface area contributed by atoms with Crippen LogP contribution in [-0.2, 0) is 16.6 Å². The molecule has 1 amide bonds. The van der Waals surface area contributed by atoms with Crippen LogP contribution in [0.5, 0.6) is 0 Å². The number of anilines is 1. The van der Waals surface area contributed by atoms with Crippen LogP contribution in [0.4, 0.5) is 5.69 Å². The second-order valence-electron chi connectivity index (χ2n) is 5.11. The third-order valence-electron chi connectivity index (χ3n) is 4.02. The van der Waals surface area contributed by atoms with Crippen molar-refractivity contribution in [3.05, 3.63) is 29.3 Å². The number of nitrogens with zero attached hydrogens (tertiary/aromatic N) is 1. The summed E-state index contributed by atoms with van der Waals surface area (Å²) in [4.78, 5) is 11.3. The summed E-state index contributed by atoms with van der Waals surface area (Å²) in [6, 6.07) is 8.47. The lowest BCUT2D eigenvalue weighted by atomic mass is 9.91. The molecule has 1 aromatic carbocycles. The van der Waals surface area contributed by atoms with Crippen molar-refractivity contribution in [2.24, 2.45) is 5.92 Å². The number of amides is 1. The number of hydrogen-bond donors (Lipinski definition) is 1. The Hall–Kier alpha value is -1.82. The van der Waals surface area contributed by atoms with E-state index in [2.05, 4.69) is 24.4 Å². The second kappa shape index (κ2) is 3.33. The average Bonchev–Trinajstić information content (AvgIpc) is 3.01. The fraction of sp³-hybridized carbons (Fsp3) is 0.429. The number of aryl methyl sites for hydroxylation is 1. The molecule has 86 valence electrons. The second-order valence-corrected chi connectivity index (χ2v) is 5.11. The molecule has 1 N–H and O–H groups in total. The molecule has 3 nitrogen and oxygen atoms in total. The van der Waals surface area contributed by atoms with Gasteiger partial charge < -0.3 is 5.32 Å². The van der Waals surface area contributed by atoms with Crippen LogP contribution in [-0.4, -0.2) is 5.91 Å².